The van der Waals surface area contributed by atoms with Crippen LogP contribution in [0.4, 0.5) is 0 Å². The molecular formula is C24H38. The molecule has 4 aliphatic rings. The highest BCUT2D eigenvalue weighted by Gasteiger charge is 2.54. The number of hydrogen-bond donors (Lipinski definition) is 0. The van der Waals surface area contributed by atoms with E-state index < -0.39 is 0 Å². The monoisotopic (exact) mass is 326 g/mol. The first-order chi connectivity index (χ1) is 11.7. The van der Waals surface area contributed by atoms with Gasteiger partial charge in [0.05, 0.1) is 0 Å². The molecule has 2 unspecified atom stereocenters. The second kappa shape index (κ2) is 6.65. The highest BCUT2D eigenvalue weighted by molar-refractivity contribution is 5.27. The maximum Gasteiger partial charge on any atom is -0.00229 e. The molecule has 134 valence electrons. The molecule has 4 rings (SSSR count). The van der Waals surface area contributed by atoms with Gasteiger partial charge in [-0.15, -0.1) is 0 Å². The third kappa shape index (κ3) is 2.55. The topological polar surface area (TPSA) is 0 Å². The van der Waals surface area contributed by atoms with Gasteiger partial charge >= 0.3 is 0 Å². The Morgan fingerprint density at radius 2 is 1.83 bits per heavy atom. The third-order valence-electron chi connectivity index (χ3n) is 8.56. The summed E-state index contributed by atoms with van der Waals surface area (Å²) in [6.45, 7) is 7.59. The van der Waals surface area contributed by atoms with E-state index in [0.717, 1.165) is 35.5 Å². The fourth-order valence-corrected chi connectivity index (χ4v) is 7.50. The van der Waals surface area contributed by atoms with E-state index >= 15 is 0 Å². The summed E-state index contributed by atoms with van der Waals surface area (Å²) in [7, 11) is 0. The van der Waals surface area contributed by atoms with Gasteiger partial charge in [0.25, 0.3) is 0 Å². The van der Waals surface area contributed by atoms with Crippen molar-refractivity contribution in [1.29, 1.82) is 0 Å². The molecule has 0 N–H and O–H groups in total. The van der Waals surface area contributed by atoms with Crippen molar-refractivity contribution in [2.24, 2.45) is 40.9 Å². The molecule has 1 saturated carbocycles. The van der Waals surface area contributed by atoms with E-state index in [1.807, 2.05) is 5.57 Å². The van der Waals surface area contributed by atoms with Crippen molar-refractivity contribution in [2.75, 3.05) is 0 Å². The van der Waals surface area contributed by atoms with Crippen molar-refractivity contribution < 1.29 is 0 Å². The zero-order valence-corrected chi connectivity index (χ0v) is 16.3. The van der Waals surface area contributed by atoms with E-state index in [-0.39, 0.29) is 0 Å². The van der Waals surface area contributed by atoms with Crippen molar-refractivity contribution in [3.8, 4) is 0 Å². The van der Waals surface area contributed by atoms with Gasteiger partial charge in [0, 0.05) is 0 Å². The minimum atomic E-state index is 0.543. The molecule has 4 aliphatic carbocycles. The van der Waals surface area contributed by atoms with Crippen molar-refractivity contribution in [2.45, 2.75) is 85.0 Å². The molecule has 0 spiro atoms. The smallest absolute Gasteiger partial charge is 0.00229 e. The molecule has 0 nitrogen and oxygen atoms in total. The van der Waals surface area contributed by atoms with Gasteiger partial charge in [-0.25, -0.2) is 0 Å². The lowest BCUT2D eigenvalue weighted by Crippen LogP contribution is -2.42. The van der Waals surface area contributed by atoms with Gasteiger partial charge in [0.2, 0.25) is 0 Å². The van der Waals surface area contributed by atoms with Crippen LogP contribution < -0.4 is 0 Å². The van der Waals surface area contributed by atoms with E-state index in [1.54, 1.807) is 0 Å². The first-order valence-corrected chi connectivity index (χ1v) is 11.0. The van der Waals surface area contributed by atoms with Crippen LogP contribution in [0.15, 0.2) is 23.8 Å². The summed E-state index contributed by atoms with van der Waals surface area (Å²) in [6.07, 6.45) is 22.2. The lowest BCUT2D eigenvalue weighted by molar-refractivity contribution is 0.0510. The molecule has 0 aromatic rings. The molecule has 0 heteroatoms. The quantitative estimate of drug-likeness (QED) is 0.482. The van der Waals surface area contributed by atoms with Crippen LogP contribution in [-0.4, -0.2) is 0 Å². The van der Waals surface area contributed by atoms with Gasteiger partial charge in [0.1, 0.15) is 0 Å². The fourth-order valence-electron chi connectivity index (χ4n) is 7.50. The Hall–Kier alpha value is -0.520. The standard InChI is InChI=1S/C24H38/c1-4-14-24(20-8-5-6-9-20)21-15-17(2)12-13-19(16-21)18(3)22-10-7-11-23(22)24/h5-6,16-20,22-23H,4,7-15H2,1-3H3/t17-,18+,19+,22+,23?,24?/m1/s1. The number of rotatable bonds is 3. The van der Waals surface area contributed by atoms with Crippen LogP contribution in [0.2, 0.25) is 0 Å². The highest BCUT2D eigenvalue weighted by Crippen LogP contribution is 2.63. The van der Waals surface area contributed by atoms with Crippen molar-refractivity contribution in [3.05, 3.63) is 23.8 Å². The predicted octanol–water partition coefficient (Wildman–Crippen LogP) is 7.17. The maximum atomic E-state index is 2.86. The Morgan fingerprint density at radius 1 is 1.04 bits per heavy atom. The Labute approximate surface area is 150 Å². The summed E-state index contributed by atoms with van der Waals surface area (Å²) in [5.74, 6) is 5.60. The van der Waals surface area contributed by atoms with Crippen LogP contribution in [-0.2, 0) is 0 Å². The summed E-state index contributed by atoms with van der Waals surface area (Å²) in [6, 6.07) is 0. The predicted molar refractivity (Wildman–Crippen MR) is 104 cm³/mol. The average Bonchev–Trinajstić information content (AvgIpc) is 3.21. The van der Waals surface area contributed by atoms with Crippen LogP contribution in [0.1, 0.15) is 85.0 Å². The van der Waals surface area contributed by atoms with E-state index in [2.05, 4.69) is 39.0 Å². The Kier molecular flexibility index (Phi) is 4.69. The third-order valence-corrected chi connectivity index (χ3v) is 8.56. The fraction of sp³-hybridized carbons (Fsp3) is 0.833. The molecule has 24 heavy (non-hydrogen) atoms. The van der Waals surface area contributed by atoms with Gasteiger partial charge in [-0.2, -0.15) is 0 Å². The summed E-state index contributed by atoms with van der Waals surface area (Å²) in [5.41, 5.74) is 2.48. The van der Waals surface area contributed by atoms with Crippen LogP contribution in [0.25, 0.3) is 0 Å². The normalized spacial score (nSPS) is 45.6. The molecule has 0 aliphatic heterocycles. The number of fused-ring (bicyclic) bond motifs is 2. The number of allylic oxidation sites excluding steroid dienone is 4. The Morgan fingerprint density at radius 3 is 2.58 bits per heavy atom. The van der Waals surface area contributed by atoms with Gasteiger partial charge < -0.3 is 0 Å². The second-order valence-corrected chi connectivity index (χ2v) is 9.73. The molecule has 2 bridgehead atoms. The maximum absolute atomic E-state index is 2.86. The summed E-state index contributed by atoms with van der Waals surface area (Å²) in [4.78, 5) is 0. The molecule has 0 saturated heterocycles. The van der Waals surface area contributed by atoms with Crippen molar-refractivity contribution in [1.82, 2.24) is 0 Å². The zero-order chi connectivity index (χ0) is 16.7. The molecule has 0 heterocycles. The first-order valence-electron chi connectivity index (χ1n) is 11.0. The SMILES string of the molecule is CCCC1(C2CC=CC2)C2=C[C@H](CC[C@@H](C)C2)[C@H](C)[C@@H]2CCCC21. The van der Waals surface area contributed by atoms with Crippen LogP contribution in [0.5, 0.6) is 0 Å². The van der Waals surface area contributed by atoms with Gasteiger partial charge in [-0.3, -0.25) is 0 Å². The van der Waals surface area contributed by atoms with E-state index in [0.29, 0.717) is 5.41 Å². The van der Waals surface area contributed by atoms with Gasteiger partial charge in [-0.1, -0.05) is 57.4 Å². The van der Waals surface area contributed by atoms with Crippen LogP contribution in [0, 0.1) is 40.9 Å². The molecule has 0 radical (unpaired) electrons. The minimum absolute atomic E-state index is 0.543. The average molecular weight is 327 g/mol. The lowest BCUT2D eigenvalue weighted by Gasteiger charge is -2.49. The molecule has 1 fully saturated rings. The van der Waals surface area contributed by atoms with Crippen LogP contribution in [0.3, 0.4) is 0 Å². The van der Waals surface area contributed by atoms with Gasteiger partial charge in [0.15, 0.2) is 0 Å². The Balaban J connectivity index is 1.83. The minimum Gasteiger partial charge on any atom is -0.0882 e. The van der Waals surface area contributed by atoms with E-state index in [1.165, 1.54) is 64.2 Å². The number of hydrogen-bond acceptors (Lipinski definition) is 0. The molecule has 6 atom stereocenters. The van der Waals surface area contributed by atoms with E-state index in [9.17, 15) is 0 Å². The summed E-state index contributed by atoms with van der Waals surface area (Å²) < 4.78 is 0. The molecule has 0 aromatic heterocycles. The zero-order valence-electron chi connectivity index (χ0n) is 16.3. The van der Waals surface area contributed by atoms with E-state index in [4.69, 9.17) is 0 Å². The molecule has 0 amide bonds. The van der Waals surface area contributed by atoms with Gasteiger partial charge in [-0.05, 0) is 92.3 Å². The summed E-state index contributed by atoms with van der Waals surface area (Å²) in [5, 5.41) is 0. The molecular weight excluding hydrogens is 288 g/mol. The lowest BCUT2D eigenvalue weighted by atomic mass is 9.55. The molecule has 0 aromatic carbocycles. The van der Waals surface area contributed by atoms with Crippen LogP contribution >= 0.6 is 0 Å². The van der Waals surface area contributed by atoms with Crippen molar-refractivity contribution in [3.63, 3.8) is 0 Å². The first kappa shape index (κ1) is 16.9. The Bertz CT molecular complexity index is 504. The highest BCUT2D eigenvalue weighted by atomic mass is 14.6. The second-order valence-electron chi connectivity index (χ2n) is 9.73. The van der Waals surface area contributed by atoms with Crippen molar-refractivity contribution >= 4 is 0 Å². The largest absolute Gasteiger partial charge is 0.0882 e. The summed E-state index contributed by atoms with van der Waals surface area (Å²) >= 11 is 0.